The van der Waals surface area contributed by atoms with E-state index in [0.29, 0.717) is 0 Å². The predicted molar refractivity (Wildman–Crippen MR) is 49.7 cm³/mol. The zero-order valence-electron chi connectivity index (χ0n) is 5.68. The molecule has 0 aliphatic rings. The molecule has 0 fully saturated rings. The Morgan fingerprint density at radius 3 is 2.64 bits per heavy atom. The summed E-state index contributed by atoms with van der Waals surface area (Å²) in [5, 5.41) is 4.04. The van der Waals surface area contributed by atoms with Crippen LogP contribution in [-0.2, 0) is 0 Å². The third-order valence-electron chi connectivity index (χ3n) is 1.31. The molecule has 2 aromatic heterocycles. The Hall–Kier alpha value is -0.730. The second kappa shape index (κ2) is 4.21. The smallest absolute Gasteiger partial charge is 0.0661 e. The van der Waals surface area contributed by atoms with Crippen molar-refractivity contribution >= 4 is 30.3 Å². The van der Waals surface area contributed by atoms with Crippen molar-refractivity contribution in [3.63, 3.8) is 0 Å². The molecule has 0 bridgehead atoms. The number of halogens is 2. The van der Waals surface area contributed by atoms with Gasteiger partial charge in [0.15, 0.2) is 0 Å². The standard InChI is InChI=1S/C7H6N2.2ClH/c1-2-6-9-7(3-1)4-5-8-9;;/h1-6H;2*1H. The minimum Gasteiger partial charge on any atom is -0.241 e. The van der Waals surface area contributed by atoms with Crippen molar-refractivity contribution in [1.82, 2.24) is 9.61 Å². The molecule has 4 heteroatoms. The molecule has 2 rings (SSSR count). The van der Waals surface area contributed by atoms with Gasteiger partial charge in [-0.15, -0.1) is 24.8 Å². The van der Waals surface area contributed by atoms with E-state index in [4.69, 9.17) is 0 Å². The number of hydrogen-bond acceptors (Lipinski definition) is 1. The van der Waals surface area contributed by atoms with Crippen LogP contribution in [0.3, 0.4) is 0 Å². The van der Waals surface area contributed by atoms with E-state index in [0.717, 1.165) is 5.52 Å². The maximum atomic E-state index is 4.04. The number of nitrogens with zero attached hydrogens (tertiary/aromatic N) is 2. The quantitative estimate of drug-likeness (QED) is 0.623. The highest BCUT2D eigenvalue weighted by Gasteiger charge is 1.85. The van der Waals surface area contributed by atoms with Crippen molar-refractivity contribution in [2.45, 2.75) is 0 Å². The lowest BCUT2D eigenvalue weighted by molar-refractivity contribution is 0.961. The van der Waals surface area contributed by atoms with Crippen LogP contribution in [0.2, 0.25) is 0 Å². The summed E-state index contributed by atoms with van der Waals surface area (Å²) < 4.78 is 1.83. The van der Waals surface area contributed by atoms with E-state index >= 15 is 0 Å². The maximum Gasteiger partial charge on any atom is 0.0661 e. The van der Waals surface area contributed by atoms with Crippen molar-refractivity contribution in [3.8, 4) is 0 Å². The van der Waals surface area contributed by atoms with Gasteiger partial charge in [-0.1, -0.05) is 6.07 Å². The second-order valence-corrected chi connectivity index (χ2v) is 1.90. The molecular weight excluding hydrogens is 183 g/mol. The number of aromatic nitrogens is 2. The first-order valence-electron chi connectivity index (χ1n) is 2.85. The summed E-state index contributed by atoms with van der Waals surface area (Å²) in [5.74, 6) is 0. The third kappa shape index (κ3) is 1.85. The Bertz CT molecular complexity index is 288. The Morgan fingerprint density at radius 2 is 1.91 bits per heavy atom. The molecule has 0 radical (unpaired) electrons. The third-order valence-corrected chi connectivity index (χ3v) is 1.31. The lowest BCUT2D eigenvalue weighted by Crippen LogP contribution is -1.81. The highest BCUT2D eigenvalue weighted by Crippen LogP contribution is 1.98. The summed E-state index contributed by atoms with van der Waals surface area (Å²) in [4.78, 5) is 0. The number of rotatable bonds is 0. The minimum absolute atomic E-state index is 0. The van der Waals surface area contributed by atoms with Gasteiger partial charge in [0.05, 0.1) is 5.52 Å². The summed E-state index contributed by atoms with van der Waals surface area (Å²) in [6.07, 6.45) is 3.71. The van der Waals surface area contributed by atoms with E-state index in [1.54, 1.807) is 6.20 Å². The molecule has 60 valence electrons. The largest absolute Gasteiger partial charge is 0.241 e. The Balaban J connectivity index is 0.000000500. The van der Waals surface area contributed by atoms with Gasteiger partial charge < -0.3 is 0 Å². The van der Waals surface area contributed by atoms with Crippen LogP contribution in [0.15, 0.2) is 36.7 Å². The highest BCUT2D eigenvalue weighted by atomic mass is 35.5. The van der Waals surface area contributed by atoms with Crippen molar-refractivity contribution in [1.29, 1.82) is 0 Å². The number of fused-ring (bicyclic) bond motifs is 1. The fourth-order valence-electron chi connectivity index (χ4n) is 0.866. The second-order valence-electron chi connectivity index (χ2n) is 1.90. The van der Waals surface area contributed by atoms with Crippen LogP contribution < -0.4 is 0 Å². The number of hydrogen-bond donors (Lipinski definition) is 0. The summed E-state index contributed by atoms with van der Waals surface area (Å²) in [5.41, 5.74) is 1.14. The first-order chi connectivity index (χ1) is 4.47. The Labute approximate surface area is 77.0 Å². The average molecular weight is 191 g/mol. The van der Waals surface area contributed by atoms with Gasteiger partial charge in [0.2, 0.25) is 0 Å². The lowest BCUT2D eigenvalue weighted by atomic mass is 10.4. The van der Waals surface area contributed by atoms with Crippen molar-refractivity contribution in [2.75, 3.05) is 0 Å². The summed E-state index contributed by atoms with van der Waals surface area (Å²) in [6, 6.07) is 7.95. The van der Waals surface area contributed by atoms with E-state index in [2.05, 4.69) is 5.10 Å². The van der Waals surface area contributed by atoms with Crippen LogP contribution >= 0.6 is 24.8 Å². The van der Waals surface area contributed by atoms with Gasteiger partial charge in [-0.05, 0) is 18.2 Å². The van der Waals surface area contributed by atoms with Crippen LogP contribution in [0.1, 0.15) is 0 Å². The first kappa shape index (κ1) is 10.3. The van der Waals surface area contributed by atoms with Crippen molar-refractivity contribution in [3.05, 3.63) is 36.7 Å². The first-order valence-corrected chi connectivity index (χ1v) is 2.85. The Kier molecular flexibility index (Phi) is 3.93. The van der Waals surface area contributed by atoms with Gasteiger partial charge >= 0.3 is 0 Å². The molecule has 2 nitrogen and oxygen atoms in total. The minimum atomic E-state index is 0. The predicted octanol–water partition coefficient (Wildman–Crippen LogP) is 2.18. The van der Waals surface area contributed by atoms with Crippen LogP contribution in [0, 0.1) is 0 Å². The van der Waals surface area contributed by atoms with E-state index in [9.17, 15) is 0 Å². The van der Waals surface area contributed by atoms with E-state index in [-0.39, 0.29) is 24.8 Å². The fraction of sp³-hybridized carbons (Fsp3) is 0. The lowest BCUT2D eigenvalue weighted by Gasteiger charge is -1.86. The van der Waals surface area contributed by atoms with Gasteiger partial charge in [0.1, 0.15) is 0 Å². The van der Waals surface area contributed by atoms with Gasteiger partial charge in [-0.2, -0.15) is 5.10 Å². The van der Waals surface area contributed by atoms with E-state index in [1.165, 1.54) is 0 Å². The monoisotopic (exact) mass is 190 g/mol. The molecule has 0 spiro atoms. The van der Waals surface area contributed by atoms with Gasteiger partial charge in [0.25, 0.3) is 0 Å². The number of pyridine rings is 1. The zero-order valence-corrected chi connectivity index (χ0v) is 7.31. The van der Waals surface area contributed by atoms with Gasteiger partial charge in [0, 0.05) is 12.4 Å². The molecule has 0 unspecified atom stereocenters. The molecule has 0 saturated heterocycles. The molecule has 0 aliphatic heterocycles. The topological polar surface area (TPSA) is 17.3 Å². The summed E-state index contributed by atoms with van der Waals surface area (Å²) in [7, 11) is 0. The van der Waals surface area contributed by atoms with Crippen molar-refractivity contribution < 1.29 is 0 Å². The summed E-state index contributed by atoms with van der Waals surface area (Å²) >= 11 is 0. The van der Waals surface area contributed by atoms with Crippen LogP contribution in [0.5, 0.6) is 0 Å². The van der Waals surface area contributed by atoms with E-state index < -0.39 is 0 Å². The molecule has 2 aromatic rings. The SMILES string of the molecule is Cl.Cl.c1ccn2nccc2c1. The molecular formula is C7H8Cl2N2. The van der Waals surface area contributed by atoms with Crippen molar-refractivity contribution in [2.24, 2.45) is 0 Å². The molecule has 0 N–H and O–H groups in total. The Morgan fingerprint density at radius 1 is 1.09 bits per heavy atom. The zero-order chi connectivity index (χ0) is 6.10. The normalized spacial score (nSPS) is 8.36. The van der Waals surface area contributed by atoms with Crippen LogP contribution in [-0.4, -0.2) is 9.61 Å². The van der Waals surface area contributed by atoms with E-state index in [1.807, 2.05) is 35.0 Å². The molecule has 0 aliphatic carbocycles. The molecule has 0 aromatic carbocycles. The fourth-order valence-corrected chi connectivity index (χ4v) is 0.866. The molecule has 0 amide bonds. The van der Waals surface area contributed by atoms with Crippen LogP contribution in [0.25, 0.3) is 5.52 Å². The van der Waals surface area contributed by atoms with Gasteiger partial charge in [-0.25, -0.2) is 4.52 Å². The summed E-state index contributed by atoms with van der Waals surface area (Å²) in [6.45, 7) is 0. The van der Waals surface area contributed by atoms with Crippen LogP contribution in [0.4, 0.5) is 0 Å². The molecule has 11 heavy (non-hydrogen) atoms. The molecule has 0 atom stereocenters. The average Bonchev–Trinajstić information content (AvgIpc) is 2.33. The molecule has 2 heterocycles. The maximum absolute atomic E-state index is 4.04. The van der Waals surface area contributed by atoms with Gasteiger partial charge in [-0.3, -0.25) is 0 Å². The molecule has 0 saturated carbocycles. The highest BCUT2D eigenvalue weighted by molar-refractivity contribution is 5.85.